The molecule has 3 aromatic rings. The molecule has 0 saturated heterocycles. The first kappa shape index (κ1) is 24.0. The second kappa shape index (κ2) is 9.62. The zero-order valence-electron chi connectivity index (χ0n) is 18.5. The Hall–Kier alpha value is -4.13. The van der Waals surface area contributed by atoms with Crippen molar-refractivity contribution in [1.82, 2.24) is 19.4 Å². The van der Waals surface area contributed by atoms with Crippen LogP contribution in [0.25, 0.3) is 0 Å². The van der Waals surface area contributed by atoms with Gasteiger partial charge >= 0.3 is 5.69 Å². The number of halogens is 2. The third-order valence-electron chi connectivity index (χ3n) is 5.16. The van der Waals surface area contributed by atoms with Crippen LogP contribution in [0.5, 0.6) is 11.6 Å². The first-order valence-corrected chi connectivity index (χ1v) is 10.9. The number of hydrogen-bond donors (Lipinski definition) is 3. The molecule has 0 fully saturated rings. The molecule has 1 amide bonds. The lowest BCUT2D eigenvalue weighted by molar-refractivity contribution is -0.117. The number of methoxy groups -OCH3 is 1. The second-order valence-corrected chi connectivity index (χ2v) is 8.52. The molecule has 10 nitrogen and oxygen atoms in total. The first-order valence-electron chi connectivity index (χ1n) is 10.1. The smallest absolute Gasteiger partial charge is 0.332 e. The Morgan fingerprint density at radius 3 is 2.63 bits per heavy atom. The van der Waals surface area contributed by atoms with Crippen LogP contribution >= 0.6 is 11.8 Å². The van der Waals surface area contributed by atoms with Crippen LogP contribution in [0.2, 0.25) is 0 Å². The Morgan fingerprint density at radius 2 is 1.94 bits per heavy atom. The Morgan fingerprint density at radius 1 is 1.23 bits per heavy atom. The number of fused-ring (bicyclic) bond motifs is 1. The Bertz CT molecular complexity index is 1460. The topological polar surface area (TPSA) is 127 Å². The van der Waals surface area contributed by atoms with Gasteiger partial charge in [-0.25, -0.2) is 18.6 Å². The van der Waals surface area contributed by atoms with Gasteiger partial charge in [0.15, 0.2) is 17.4 Å². The summed E-state index contributed by atoms with van der Waals surface area (Å²) < 4.78 is 34.5. The maximum atomic E-state index is 13.7. The van der Waals surface area contributed by atoms with Gasteiger partial charge in [-0.2, -0.15) is 0 Å². The predicted octanol–water partition coefficient (Wildman–Crippen LogP) is 1.66. The molecule has 0 radical (unpaired) electrons. The van der Waals surface area contributed by atoms with Crippen LogP contribution in [0.4, 0.5) is 14.6 Å². The lowest BCUT2D eigenvalue weighted by atomic mass is 10.2. The van der Waals surface area contributed by atoms with E-state index in [9.17, 15) is 28.3 Å². The van der Waals surface area contributed by atoms with E-state index in [4.69, 9.17) is 4.74 Å². The average molecular weight is 503 g/mol. The number of pyridine rings is 1. The van der Waals surface area contributed by atoms with Gasteiger partial charge < -0.3 is 20.5 Å². The number of carbonyl (C=O) groups is 1. The lowest BCUT2D eigenvalue weighted by Crippen LogP contribution is -2.42. The van der Waals surface area contributed by atoms with Crippen LogP contribution in [0, 0.1) is 11.6 Å². The number of phenols is 1. The van der Waals surface area contributed by atoms with Crippen LogP contribution in [-0.4, -0.2) is 32.2 Å². The van der Waals surface area contributed by atoms with Crippen molar-refractivity contribution in [2.24, 2.45) is 7.05 Å². The van der Waals surface area contributed by atoms with Gasteiger partial charge in [0.05, 0.1) is 18.6 Å². The van der Waals surface area contributed by atoms with Gasteiger partial charge in [-0.3, -0.25) is 18.7 Å². The highest BCUT2D eigenvalue weighted by atomic mass is 32.2. The van der Waals surface area contributed by atoms with Crippen molar-refractivity contribution >= 4 is 23.5 Å². The normalized spacial score (nSPS) is 12.4. The van der Waals surface area contributed by atoms with Gasteiger partial charge in [0.1, 0.15) is 10.7 Å². The quantitative estimate of drug-likeness (QED) is 0.464. The molecule has 0 bridgehead atoms. The van der Waals surface area contributed by atoms with E-state index >= 15 is 0 Å². The minimum atomic E-state index is -1.22. The number of anilines is 1. The number of amides is 1. The minimum absolute atomic E-state index is 0.0352. The summed E-state index contributed by atoms with van der Waals surface area (Å²) in [4.78, 5) is 42.8. The number of benzene rings is 1. The SMILES string of the molecule is COc1cc(CNC(=O)C2=CNc3c(c(=O)n(Cc4cc(F)c(O)c(F)c4)c(=O)n3C)S2)ccn1. The summed E-state index contributed by atoms with van der Waals surface area (Å²) in [6, 6.07) is 5.05. The van der Waals surface area contributed by atoms with Crippen LogP contribution in [-0.2, 0) is 24.9 Å². The number of aromatic hydroxyl groups is 1. The molecule has 0 aliphatic carbocycles. The van der Waals surface area contributed by atoms with Gasteiger partial charge in [0, 0.05) is 32.1 Å². The molecule has 3 N–H and O–H groups in total. The zero-order valence-corrected chi connectivity index (χ0v) is 19.3. The molecule has 2 aromatic heterocycles. The van der Waals surface area contributed by atoms with Crippen molar-refractivity contribution in [1.29, 1.82) is 0 Å². The number of phenolic OH excluding ortho intramolecular Hbond substituents is 1. The summed E-state index contributed by atoms with van der Waals surface area (Å²) in [5.41, 5.74) is -0.763. The molecule has 35 heavy (non-hydrogen) atoms. The Kier molecular flexibility index (Phi) is 6.60. The molecule has 3 heterocycles. The number of ether oxygens (including phenoxy) is 1. The van der Waals surface area contributed by atoms with E-state index < -0.39 is 41.1 Å². The highest BCUT2D eigenvalue weighted by Gasteiger charge is 2.25. The third kappa shape index (κ3) is 4.75. The molecule has 0 unspecified atom stereocenters. The van der Waals surface area contributed by atoms with E-state index in [-0.39, 0.29) is 27.7 Å². The highest BCUT2D eigenvalue weighted by molar-refractivity contribution is 8.04. The number of rotatable bonds is 6. The van der Waals surface area contributed by atoms with E-state index in [1.54, 1.807) is 18.3 Å². The summed E-state index contributed by atoms with van der Waals surface area (Å²) in [7, 11) is 2.89. The monoisotopic (exact) mass is 503 g/mol. The molecular formula is C22H19F2N5O5S. The van der Waals surface area contributed by atoms with Crippen molar-refractivity contribution in [2.75, 3.05) is 12.4 Å². The lowest BCUT2D eigenvalue weighted by Gasteiger charge is -2.21. The third-order valence-corrected chi connectivity index (χ3v) is 6.26. The molecule has 182 valence electrons. The summed E-state index contributed by atoms with van der Waals surface area (Å²) in [5, 5.41) is 14.8. The van der Waals surface area contributed by atoms with E-state index in [0.717, 1.165) is 38.6 Å². The largest absolute Gasteiger partial charge is 0.503 e. The number of hydrogen-bond acceptors (Lipinski definition) is 8. The highest BCUT2D eigenvalue weighted by Crippen LogP contribution is 2.33. The first-order chi connectivity index (χ1) is 16.7. The van der Waals surface area contributed by atoms with Gasteiger partial charge in [-0.1, -0.05) is 11.8 Å². The van der Waals surface area contributed by atoms with Crippen LogP contribution < -0.4 is 26.6 Å². The van der Waals surface area contributed by atoms with Gasteiger partial charge in [-0.05, 0) is 29.3 Å². The van der Waals surface area contributed by atoms with Crippen LogP contribution in [0.15, 0.2) is 56.1 Å². The predicted molar refractivity (Wildman–Crippen MR) is 123 cm³/mol. The van der Waals surface area contributed by atoms with E-state index in [0.29, 0.717) is 5.88 Å². The molecule has 0 spiro atoms. The summed E-state index contributed by atoms with van der Waals surface area (Å²) >= 11 is 0.859. The number of thioether (sulfide) groups is 1. The molecule has 4 rings (SSSR count). The molecule has 1 aliphatic rings. The molecular weight excluding hydrogens is 484 g/mol. The minimum Gasteiger partial charge on any atom is -0.503 e. The van der Waals surface area contributed by atoms with E-state index in [1.807, 2.05) is 0 Å². The van der Waals surface area contributed by atoms with Crippen LogP contribution in [0.3, 0.4) is 0 Å². The standard InChI is InChI=1S/C22H19F2N5O5S/c1-28-19-18(21(32)29(22(28)33)10-12-5-13(23)17(30)14(24)6-12)35-15(9-26-19)20(31)27-8-11-3-4-25-16(7-11)34-2/h3-7,9,26,30H,8,10H2,1-2H3,(H,27,31). The molecule has 1 aromatic carbocycles. The van der Waals surface area contributed by atoms with E-state index in [1.165, 1.54) is 20.4 Å². The van der Waals surface area contributed by atoms with Crippen molar-refractivity contribution in [3.8, 4) is 11.6 Å². The maximum absolute atomic E-state index is 13.7. The molecule has 0 saturated carbocycles. The van der Waals surface area contributed by atoms with Gasteiger partial charge in [0.25, 0.3) is 11.5 Å². The number of nitrogens with zero attached hydrogens (tertiary/aromatic N) is 3. The zero-order chi connectivity index (χ0) is 25.3. The second-order valence-electron chi connectivity index (χ2n) is 7.46. The van der Waals surface area contributed by atoms with Crippen molar-refractivity contribution in [3.05, 3.63) is 85.2 Å². The Labute approximate surface area is 200 Å². The molecule has 0 atom stereocenters. The fourth-order valence-corrected chi connectivity index (χ4v) is 4.34. The Balaban J connectivity index is 1.58. The van der Waals surface area contributed by atoms with Gasteiger partial charge in [-0.15, -0.1) is 0 Å². The summed E-state index contributed by atoms with van der Waals surface area (Å²) in [6.45, 7) is -0.263. The number of carbonyl (C=O) groups excluding carboxylic acids is 1. The van der Waals surface area contributed by atoms with Crippen LogP contribution in [0.1, 0.15) is 11.1 Å². The molecule has 13 heteroatoms. The fourth-order valence-electron chi connectivity index (χ4n) is 3.35. The van der Waals surface area contributed by atoms with Crippen molar-refractivity contribution in [3.63, 3.8) is 0 Å². The summed E-state index contributed by atoms with van der Waals surface area (Å²) in [6.07, 6.45) is 2.92. The average Bonchev–Trinajstić information content (AvgIpc) is 2.86. The summed E-state index contributed by atoms with van der Waals surface area (Å²) in [5.74, 6) is -3.47. The van der Waals surface area contributed by atoms with Crippen molar-refractivity contribution < 1.29 is 23.4 Å². The molecule has 1 aliphatic heterocycles. The number of nitrogens with one attached hydrogen (secondary N) is 2. The maximum Gasteiger partial charge on any atom is 0.332 e. The fraction of sp³-hybridized carbons (Fsp3) is 0.182. The van der Waals surface area contributed by atoms with E-state index in [2.05, 4.69) is 15.6 Å². The van der Waals surface area contributed by atoms with Gasteiger partial charge in [0.2, 0.25) is 5.88 Å². The van der Waals surface area contributed by atoms with Crippen molar-refractivity contribution in [2.45, 2.75) is 18.0 Å². The number of aromatic nitrogens is 3.